The van der Waals surface area contributed by atoms with E-state index in [1.54, 1.807) is 53.7 Å². The van der Waals surface area contributed by atoms with E-state index in [4.69, 9.17) is 23.7 Å². The second-order valence-electron chi connectivity index (χ2n) is 9.87. The number of carbonyl (C=O) groups excluding carboxylic acids is 3. The van der Waals surface area contributed by atoms with Gasteiger partial charge in [-0.2, -0.15) is 0 Å². The zero-order chi connectivity index (χ0) is 27.2. The third-order valence-corrected chi connectivity index (χ3v) is 4.24. The molecule has 2 amide bonds. The Kier molecular flexibility index (Phi) is 13.4. The number of aliphatic hydroxyl groups excluding tert-OH is 1. The molecule has 11 nitrogen and oxygen atoms in total. The number of ether oxygens (including phenoxy) is 5. The minimum atomic E-state index is -0.680. The smallest absolute Gasteiger partial charge is 0.407 e. The number of amides is 2. The van der Waals surface area contributed by atoms with Crippen LogP contribution in [0.2, 0.25) is 0 Å². The zero-order valence-corrected chi connectivity index (χ0v) is 22.1. The molecule has 0 atom stereocenters. The molecule has 11 heteroatoms. The number of aliphatic hydroxyl groups is 1. The average Bonchev–Trinajstić information content (AvgIpc) is 2.75. The highest BCUT2D eigenvalue weighted by molar-refractivity contribution is 5.92. The molecule has 1 aromatic rings. The summed E-state index contributed by atoms with van der Waals surface area (Å²) in [6.07, 6.45) is -0.493. The number of anilines is 1. The second-order valence-corrected chi connectivity index (χ2v) is 9.87. The minimum absolute atomic E-state index is 0.198. The molecule has 0 saturated heterocycles. The van der Waals surface area contributed by atoms with Crippen LogP contribution in [0.15, 0.2) is 18.2 Å². The van der Waals surface area contributed by atoms with E-state index in [1.165, 1.54) is 6.07 Å². The van der Waals surface area contributed by atoms with Gasteiger partial charge in [0.15, 0.2) is 0 Å². The van der Waals surface area contributed by atoms with E-state index < -0.39 is 29.0 Å². The monoisotopic (exact) mass is 512 g/mol. The SMILES string of the molecule is CC(C)(C)OC(=O)NCCOCCOCCOCC(=O)Nc1cc(OC(=O)C(C)(C)C)ccc1CO. The van der Waals surface area contributed by atoms with E-state index in [9.17, 15) is 19.5 Å². The average molecular weight is 513 g/mol. The van der Waals surface area contributed by atoms with Crippen molar-refractivity contribution in [2.24, 2.45) is 5.41 Å². The maximum atomic E-state index is 12.2. The van der Waals surface area contributed by atoms with Crippen molar-refractivity contribution < 1.29 is 43.2 Å². The number of benzene rings is 1. The standard InChI is InChI=1S/C25H40N2O9/c1-24(2,3)22(30)35-19-8-7-18(16-28)20(15-19)27-21(29)17-34-14-13-33-12-11-32-10-9-26-23(31)36-25(4,5)6/h7-8,15,28H,9-14,16-17H2,1-6H3,(H,26,31)(H,27,29). The van der Waals surface area contributed by atoms with Gasteiger partial charge in [-0.1, -0.05) is 6.07 Å². The first kappa shape index (κ1) is 31.3. The van der Waals surface area contributed by atoms with E-state index in [-0.39, 0.29) is 32.2 Å². The molecule has 0 fully saturated rings. The quantitative estimate of drug-likeness (QED) is 0.195. The van der Waals surface area contributed by atoms with Crippen LogP contribution in [0.4, 0.5) is 10.5 Å². The number of esters is 1. The van der Waals surface area contributed by atoms with Gasteiger partial charge in [-0.25, -0.2) is 4.79 Å². The molecule has 3 N–H and O–H groups in total. The van der Waals surface area contributed by atoms with E-state index in [1.807, 2.05) is 0 Å². The van der Waals surface area contributed by atoms with Crippen molar-refractivity contribution in [1.29, 1.82) is 0 Å². The topological polar surface area (TPSA) is 142 Å². The first-order valence-electron chi connectivity index (χ1n) is 11.8. The van der Waals surface area contributed by atoms with Crippen LogP contribution in [0.25, 0.3) is 0 Å². The van der Waals surface area contributed by atoms with Gasteiger partial charge in [0.2, 0.25) is 5.91 Å². The van der Waals surface area contributed by atoms with Crippen LogP contribution >= 0.6 is 0 Å². The molecule has 0 aliphatic rings. The summed E-state index contributed by atoms with van der Waals surface area (Å²) in [6, 6.07) is 4.62. The lowest BCUT2D eigenvalue weighted by molar-refractivity contribution is -0.143. The van der Waals surface area contributed by atoms with Crippen molar-refractivity contribution in [2.75, 3.05) is 51.5 Å². The minimum Gasteiger partial charge on any atom is -0.444 e. The molecule has 0 saturated carbocycles. The lowest BCUT2D eigenvalue weighted by Gasteiger charge is -2.19. The highest BCUT2D eigenvalue weighted by atomic mass is 16.6. The Morgan fingerprint density at radius 3 is 2.08 bits per heavy atom. The van der Waals surface area contributed by atoms with E-state index in [0.29, 0.717) is 37.6 Å². The molecule has 36 heavy (non-hydrogen) atoms. The lowest BCUT2D eigenvalue weighted by atomic mass is 9.97. The Balaban J connectivity index is 2.21. The summed E-state index contributed by atoms with van der Waals surface area (Å²) in [7, 11) is 0. The summed E-state index contributed by atoms with van der Waals surface area (Å²) in [6.45, 7) is 11.9. The fourth-order valence-electron chi connectivity index (χ4n) is 2.46. The Morgan fingerprint density at radius 1 is 0.889 bits per heavy atom. The summed E-state index contributed by atoms with van der Waals surface area (Å²) in [4.78, 5) is 35.8. The molecule has 0 heterocycles. The van der Waals surface area contributed by atoms with E-state index in [2.05, 4.69) is 10.6 Å². The molecular weight excluding hydrogens is 472 g/mol. The molecule has 1 aromatic carbocycles. The molecule has 0 unspecified atom stereocenters. The Labute approximate surface area is 212 Å². The van der Waals surface area contributed by atoms with Gasteiger partial charge in [0.25, 0.3) is 0 Å². The predicted octanol–water partition coefficient (Wildman–Crippen LogP) is 2.64. The highest BCUT2D eigenvalue weighted by Gasteiger charge is 2.24. The molecule has 1 rings (SSSR count). The van der Waals surface area contributed by atoms with Crippen LogP contribution in [-0.4, -0.2) is 74.9 Å². The van der Waals surface area contributed by atoms with Gasteiger partial charge in [-0.05, 0) is 47.6 Å². The van der Waals surface area contributed by atoms with Crippen LogP contribution in [0.1, 0.15) is 47.1 Å². The number of rotatable bonds is 14. The molecule has 0 aliphatic heterocycles. The summed E-state index contributed by atoms with van der Waals surface area (Å²) >= 11 is 0. The summed E-state index contributed by atoms with van der Waals surface area (Å²) in [5, 5.41) is 14.8. The van der Waals surface area contributed by atoms with Crippen molar-refractivity contribution in [3.63, 3.8) is 0 Å². The van der Waals surface area contributed by atoms with Crippen molar-refractivity contribution in [2.45, 2.75) is 53.8 Å². The Hall–Kier alpha value is -2.73. The van der Waals surface area contributed by atoms with Crippen molar-refractivity contribution in [3.05, 3.63) is 23.8 Å². The molecule has 0 aromatic heterocycles. The van der Waals surface area contributed by atoms with Crippen LogP contribution in [0.3, 0.4) is 0 Å². The first-order chi connectivity index (χ1) is 16.8. The fourth-order valence-corrected chi connectivity index (χ4v) is 2.46. The van der Waals surface area contributed by atoms with Crippen molar-refractivity contribution in [1.82, 2.24) is 5.32 Å². The summed E-state index contributed by atoms with van der Waals surface area (Å²) < 4.78 is 26.5. The molecule has 0 aliphatic carbocycles. The highest BCUT2D eigenvalue weighted by Crippen LogP contribution is 2.25. The number of hydrogen-bond donors (Lipinski definition) is 3. The normalized spacial score (nSPS) is 11.6. The number of nitrogens with one attached hydrogen (secondary N) is 2. The van der Waals surface area contributed by atoms with Crippen LogP contribution in [-0.2, 0) is 35.1 Å². The van der Waals surface area contributed by atoms with Gasteiger partial charge in [-0.15, -0.1) is 0 Å². The van der Waals surface area contributed by atoms with Crippen LogP contribution in [0.5, 0.6) is 5.75 Å². The van der Waals surface area contributed by atoms with Gasteiger partial charge in [0.1, 0.15) is 18.0 Å². The predicted molar refractivity (Wildman–Crippen MR) is 133 cm³/mol. The number of carbonyl (C=O) groups is 3. The second kappa shape index (κ2) is 15.4. The van der Waals surface area contributed by atoms with Gasteiger partial charge in [0.05, 0.1) is 50.7 Å². The summed E-state index contributed by atoms with van der Waals surface area (Å²) in [5.74, 6) is -0.577. The van der Waals surface area contributed by atoms with Crippen molar-refractivity contribution >= 4 is 23.7 Å². The van der Waals surface area contributed by atoms with Gasteiger partial charge in [-0.3, -0.25) is 9.59 Å². The first-order valence-corrected chi connectivity index (χ1v) is 11.8. The van der Waals surface area contributed by atoms with E-state index >= 15 is 0 Å². The van der Waals surface area contributed by atoms with Gasteiger partial charge in [0, 0.05) is 18.2 Å². The Bertz CT molecular complexity index is 845. The maximum Gasteiger partial charge on any atom is 0.407 e. The van der Waals surface area contributed by atoms with Crippen LogP contribution in [0, 0.1) is 5.41 Å². The molecule has 204 valence electrons. The lowest BCUT2D eigenvalue weighted by Crippen LogP contribution is -2.34. The molecule has 0 spiro atoms. The molecule has 0 bridgehead atoms. The van der Waals surface area contributed by atoms with Gasteiger partial charge < -0.3 is 39.4 Å². The fraction of sp³-hybridized carbons (Fsp3) is 0.640. The molecular formula is C25H40N2O9. The third kappa shape index (κ3) is 14.0. The van der Waals surface area contributed by atoms with Crippen LogP contribution < -0.4 is 15.4 Å². The number of hydrogen-bond acceptors (Lipinski definition) is 9. The Morgan fingerprint density at radius 2 is 1.50 bits per heavy atom. The van der Waals surface area contributed by atoms with Crippen molar-refractivity contribution in [3.8, 4) is 5.75 Å². The largest absolute Gasteiger partial charge is 0.444 e. The number of alkyl carbamates (subject to hydrolysis) is 1. The third-order valence-electron chi connectivity index (χ3n) is 4.24. The maximum absolute atomic E-state index is 12.2. The molecule has 0 radical (unpaired) electrons. The van der Waals surface area contributed by atoms with Gasteiger partial charge >= 0.3 is 12.1 Å². The zero-order valence-electron chi connectivity index (χ0n) is 22.1. The summed E-state index contributed by atoms with van der Waals surface area (Å²) in [5.41, 5.74) is -0.416. The van der Waals surface area contributed by atoms with E-state index in [0.717, 1.165) is 0 Å².